The zero-order chi connectivity index (χ0) is 12.8. The van der Waals surface area contributed by atoms with Gasteiger partial charge in [-0.15, -0.1) is 0 Å². The molecule has 1 aromatic heterocycles. The van der Waals surface area contributed by atoms with E-state index in [1.54, 1.807) is 12.1 Å². The Balaban J connectivity index is 1.84. The molecule has 1 aromatic carbocycles. The Morgan fingerprint density at radius 3 is 2.89 bits per heavy atom. The van der Waals surface area contributed by atoms with Gasteiger partial charge in [0.2, 0.25) is 0 Å². The number of aromatic nitrogens is 1. The molecule has 1 amide bonds. The maximum Gasteiger partial charge on any atom is 0.264 e. The maximum absolute atomic E-state index is 11.5. The zero-order valence-electron chi connectivity index (χ0n) is 9.29. The molecule has 0 atom stereocenters. The van der Waals surface area contributed by atoms with Crippen LogP contribution in [-0.4, -0.2) is 17.5 Å². The van der Waals surface area contributed by atoms with Crippen LogP contribution in [-0.2, 0) is 4.79 Å². The van der Waals surface area contributed by atoms with Crippen LogP contribution in [0, 0.1) is 11.3 Å². The van der Waals surface area contributed by atoms with Crippen LogP contribution in [0.5, 0.6) is 5.75 Å². The molecule has 6 heteroatoms. The molecule has 0 aliphatic carbocycles. The summed E-state index contributed by atoms with van der Waals surface area (Å²) in [5, 5.41) is 11.6. The van der Waals surface area contributed by atoms with Crippen molar-refractivity contribution in [3.8, 4) is 11.8 Å². The Kier molecular flexibility index (Phi) is 3.89. The molecule has 5 nitrogen and oxygen atoms in total. The first-order chi connectivity index (χ1) is 8.78. The van der Waals surface area contributed by atoms with Gasteiger partial charge in [0.25, 0.3) is 5.91 Å². The molecule has 90 valence electrons. The van der Waals surface area contributed by atoms with E-state index in [0.717, 1.165) is 11.3 Å². The summed E-state index contributed by atoms with van der Waals surface area (Å²) < 4.78 is 5.27. The highest BCUT2D eigenvalue weighted by atomic mass is 32.1. The smallest absolute Gasteiger partial charge is 0.264 e. The molecule has 1 N–H and O–H groups in total. The number of rotatable bonds is 4. The highest BCUT2D eigenvalue weighted by Gasteiger charge is 2.07. The van der Waals surface area contributed by atoms with Crippen LogP contribution in [0.4, 0.5) is 5.13 Å². The zero-order valence-corrected chi connectivity index (χ0v) is 10.1. The van der Waals surface area contributed by atoms with Crippen molar-refractivity contribution in [2.24, 2.45) is 0 Å². The van der Waals surface area contributed by atoms with Crippen molar-refractivity contribution < 1.29 is 9.53 Å². The van der Waals surface area contributed by atoms with Crippen molar-refractivity contribution in [1.82, 2.24) is 4.98 Å². The summed E-state index contributed by atoms with van der Waals surface area (Å²) in [4.78, 5) is 15.9. The number of ether oxygens (including phenoxy) is 1. The molecule has 0 radical (unpaired) electrons. The number of anilines is 1. The second-order valence-corrected chi connectivity index (χ2v) is 4.32. The molecule has 18 heavy (non-hydrogen) atoms. The summed E-state index contributed by atoms with van der Waals surface area (Å²) in [6.45, 7) is -0.0918. The van der Waals surface area contributed by atoms with Crippen LogP contribution in [0.25, 0.3) is 0 Å². The molecule has 0 aliphatic rings. The highest BCUT2D eigenvalue weighted by molar-refractivity contribution is 7.16. The van der Waals surface area contributed by atoms with E-state index in [1.807, 2.05) is 24.3 Å². The summed E-state index contributed by atoms with van der Waals surface area (Å²) in [7, 11) is 0. The van der Waals surface area contributed by atoms with Crippen molar-refractivity contribution in [3.63, 3.8) is 0 Å². The fourth-order valence-electron chi connectivity index (χ4n) is 1.20. The maximum atomic E-state index is 11.5. The number of nitriles is 1. The van der Waals surface area contributed by atoms with Gasteiger partial charge in [0.05, 0.1) is 6.20 Å². The minimum Gasteiger partial charge on any atom is -0.484 e. The van der Waals surface area contributed by atoms with Crippen molar-refractivity contribution >= 4 is 22.4 Å². The van der Waals surface area contributed by atoms with Crippen LogP contribution < -0.4 is 10.1 Å². The van der Waals surface area contributed by atoms with Gasteiger partial charge in [-0.2, -0.15) is 5.26 Å². The van der Waals surface area contributed by atoms with Gasteiger partial charge in [-0.05, 0) is 12.1 Å². The number of hydrogen-bond acceptors (Lipinski definition) is 5. The lowest BCUT2D eigenvalue weighted by Crippen LogP contribution is -2.19. The molecule has 1 heterocycles. The predicted molar refractivity (Wildman–Crippen MR) is 67.4 cm³/mol. The van der Waals surface area contributed by atoms with E-state index >= 15 is 0 Å². The fourth-order valence-corrected chi connectivity index (χ4v) is 1.83. The molecule has 0 spiro atoms. The third kappa shape index (κ3) is 3.30. The number of thiazole rings is 1. The Hall–Kier alpha value is -2.39. The third-order valence-corrected chi connectivity index (χ3v) is 2.79. The van der Waals surface area contributed by atoms with Gasteiger partial charge >= 0.3 is 0 Å². The molecule has 0 saturated carbocycles. The Bertz CT molecular complexity index is 575. The molecule has 2 aromatic rings. The van der Waals surface area contributed by atoms with Crippen molar-refractivity contribution in [3.05, 3.63) is 41.4 Å². The summed E-state index contributed by atoms with van der Waals surface area (Å²) in [6, 6.07) is 11.0. The Labute approximate surface area is 108 Å². The molecule has 0 aliphatic heterocycles. The van der Waals surface area contributed by atoms with Crippen LogP contribution in [0.2, 0.25) is 0 Å². The van der Waals surface area contributed by atoms with Gasteiger partial charge < -0.3 is 4.74 Å². The average molecular weight is 259 g/mol. The topological polar surface area (TPSA) is 75.0 Å². The number of benzene rings is 1. The van der Waals surface area contributed by atoms with E-state index in [0.29, 0.717) is 15.8 Å². The Morgan fingerprint density at radius 2 is 2.22 bits per heavy atom. The molecular weight excluding hydrogens is 250 g/mol. The highest BCUT2D eigenvalue weighted by Crippen LogP contribution is 2.16. The minimum absolute atomic E-state index is 0.0918. The second kappa shape index (κ2) is 5.80. The lowest BCUT2D eigenvalue weighted by atomic mass is 10.3. The van der Waals surface area contributed by atoms with Crippen molar-refractivity contribution in [1.29, 1.82) is 5.26 Å². The van der Waals surface area contributed by atoms with Crippen LogP contribution in [0.15, 0.2) is 36.5 Å². The SMILES string of the molecule is N#Cc1cnc(NC(=O)COc2ccccc2)s1. The number of amides is 1. The van der Waals surface area contributed by atoms with Gasteiger partial charge in [-0.1, -0.05) is 29.5 Å². The molecule has 0 unspecified atom stereocenters. The first kappa shape index (κ1) is 12.1. The second-order valence-electron chi connectivity index (χ2n) is 3.29. The summed E-state index contributed by atoms with van der Waals surface area (Å²) in [5.74, 6) is 0.321. The lowest BCUT2D eigenvalue weighted by Gasteiger charge is -2.04. The van der Waals surface area contributed by atoms with Crippen LogP contribution in [0.3, 0.4) is 0 Å². The standard InChI is InChI=1S/C12H9N3O2S/c13-6-10-7-14-12(18-10)15-11(16)8-17-9-4-2-1-3-5-9/h1-5,7H,8H2,(H,14,15,16). The van der Waals surface area contributed by atoms with Crippen molar-refractivity contribution in [2.45, 2.75) is 0 Å². The van der Waals surface area contributed by atoms with E-state index in [1.165, 1.54) is 6.20 Å². The quantitative estimate of drug-likeness (QED) is 0.911. The summed E-state index contributed by atoms with van der Waals surface area (Å²) in [5.41, 5.74) is 0. The van der Waals surface area contributed by atoms with Crippen molar-refractivity contribution in [2.75, 3.05) is 11.9 Å². The number of nitrogens with zero attached hydrogens (tertiary/aromatic N) is 2. The van der Waals surface area contributed by atoms with E-state index in [9.17, 15) is 4.79 Å². The van der Waals surface area contributed by atoms with E-state index < -0.39 is 0 Å². The van der Waals surface area contributed by atoms with Crippen LogP contribution >= 0.6 is 11.3 Å². The van der Waals surface area contributed by atoms with Gasteiger partial charge in [-0.25, -0.2) is 4.98 Å². The molecular formula is C12H9N3O2S. The third-order valence-electron chi connectivity index (χ3n) is 1.98. The van der Waals surface area contributed by atoms with Gasteiger partial charge in [0, 0.05) is 0 Å². The number of carbonyl (C=O) groups excluding carboxylic acids is 1. The molecule has 0 fully saturated rings. The summed E-state index contributed by atoms with van der Waals surface area (Å²) >= 11 is 1.12. The van der Waals surface area contributed by atoms with Gasteiger partial charge in [-0.3, -0.25) is 10.1 Å². The predicted octanol–water partition coefficient (Wildman–Crippen LogP) is 2.03. The fraction of sp³-hybridized carbons (Fsp3) is 0.0833. The van der Waals surface area contributed by atoms with E-state index in [2.05, 4.69) is 10.3 Å². The number of hydrogen-bond donors (Lipinski definition) is 1. The number of para-hydroxylation sites is 1. The number of carbonyl (C=O) groups is 1. The average Bonchev–Trinajstić information content (AvgIpc) is 2.85. The van der Waals surface area contributed by atoms with E-state index in [4.69, 9.17) is 10.00 Å². The van der Waals surface area contributed by atoms with Gasteiger partial charge in [0.15, 0.2) is 11.7 Å². The lowest BCUT2D eigenvalue weighted by molar-refractivity contribution is -0.118. The monoisotopic (exact) mass is 259 g/mol. The molecule has 0 saturated heterocycles. The van der Waals surface area contributed by atoms with Gasteiger partial charge in [0.1, 0.15) is 16.7 Å². The summed E-state index contributed by atoms with van der Waals surface area (Å²) in [6.07, 6.45) is 1.42. The molecule has 0 bridgehead atoms. The number of nitrogens with one attached hydrogen (secondary N) is 1. The normalized spacial score (nSPS) is 9.50. The molecule has 2 rings (SSSR count). The first-order valence-electron chi connectivity index (χ1n) is 5.11. The first-order valence-corrected chi connectivity index (χ1v) is 5.93. The largest absolute Gasteiger partial charge is 0.484 e. The van der Waals surface area contributed by atoms with E-state index in [-0.39, 0.29) is 12.5 Å². The van der Waals surface area contributed by atoms with Crippen LogP contribution in [0.1, 0.15) is 4.88 Å². The minimum atomic E-state index is -0.308. The Morgan fingerprint density at radius 1 is 1.44 bits per heavy atom.